The van der Waals surface area contributed by atoms with Gasteiger partial charge >= 0.3 is 6.09 Å². The highest BCUT2D eigenvalue weighted by atomic mass is 79.9. The standard InChI is InChI=1S/C19H23BrFN3O3/c1-19(2,3)27-18(25)23-8-15(21)16(9-23)26-11-13-4-6-14(7-5-13)24-10-17(20)22-12-24/h4-7,10,12,15-16H,8-9,11H2,1-3H3/t15-,16+/m1/s1. The summed E-state index contributed by atoms with van der Waals surface area (Å²) in [6.07, 6.45) is 1.20. The zero-order valence-corrected chi connectivity index (χ0v) is 17.1. The van der Waals surface area contributed by atoms with Crippen LogP contribution in [0.3, 0.4) is 0 Å². The Bertz CT molecular complexity index is 788. The number of nitrogens with zero attached hydrogens (tertiary/aromatic N) is 3. The Morgan fingerprint density at radius 2 is 2.00 bits per heavy atom. The van der Waals surface area contributed by atoms with E-state index in [9.17, 15) is 9.18 Å². The Hall–Kier alpha value is -1.93. The van der Waals surface area contributed by atoms with Gasteiger partial charge in [0.25, 0.3) is 0 Å². The maximum atomic E-state index is 14.2. The van der Waals surface area contributed by atoms with Gasteiger partial charge in [0, 0.05) is 11.9 Å². The summed E-state index contributed by atoms with van der Waals surface area (Å²) in [5.41, 5.74) is 1.30. The maximum Gasteiger partial charge on any atom is 0.410 e. The van der Waals surface area contributed by atoms with Crippen LogP contribution >= 0.6 is 15.9 Å². The van der Waals surface area contributed by atoms with Gasteiger partial charge in [0.2, 0.25) is 0 Å². The predicted octanol–water partition coefficient (Wildman–Crippen LogP) is 4.11. The van der Waals surface area contributed by atoms with E-state index < -0.39 is 24.0 Å². The van der Waals surface area contributed by atoms with Crippen molar-refractivity contribution in [3.05, 3.63) is 47.0 Å². The molecule has 0 spiro atoms. The molecule has 2 atom stereocenters. The molecular formula is C19H23BrFN3O3. The van der Waals surface area contributed by atoms with Crippen molar-refractivity contribution < 1.29 is 18.7 Å². The van der Waals surface area contributed by atoms with Gasteiger partial charge in [-0.05, 0) is 54.4 Å². The molecule has 1 saturated heterocycles. The number of imidazole rings is 1. The van der Waals surface area contributed by atoms with Crippen LogP contribution in [0.25, 0.3) is 5.69 Å². The molecule has 1 aromatic heterocycles. The number of carbonyl (C=O) groups excluding carboxylic acids is 1. The Kier molecular flexibility index (Phi) is 5.86. The monoisotopic (exact) mass is 439 g/mol. The van der Waals surface area contributed by atoms with Gasteiger partial charge in [-0.15, -0.1) is 0 Å². The normalized spacial score (nSPS) is 20.1. The van der Waals surface area contributed by atoms with Crippen LogP contribution in [0.4, 0.5) is 9.18 Å². The molecule has 1 aliphatic heterocycles. The first-order chi connectivity index (χ1) is 12.7. The average molecular weight is 440 g/mol. The summed E-state index contributed by atoms with van der Waals surface area (Å²) < 4.78 is 27.9. The van der Waals surface area contributed by atoms with Gasteiger partial charge in [-0.1, -0.05) is 12.1 Å². The molecule has 0 saturated carbocycles. The Labute approximate surface area is 166 Å². The first-order valence-electron chi connectivity index (χ1n) is 8.74. The molecule has 1 fully saturated rings. The van der Waals surface area contributed by atoms with Crippen LogP contribution in [0.15, 0.2) is 41.4 Å². The maximum absolute atomic E-state index is 14.2. The van der Waals surface area contributed by atoms with E-state index >= 15 is 0 Å². The summed E-state index contributed by atoms with van der Waals surface area (Å²) in [4.78, 5) is 17.6. The van der Waals surface area contributed by atoms with E-state index in [-0.39, 0.29) is 19.7 Å². The molecule has 1 aliphatic rings. The second kappa shape index (κ2) is 7.98. The second-order valence-corrected chi connectivity index (χ2v) is 8.33. The summed E-state index contributed by atoms with van der Waals surface area (Å²) in [5, 5.41) is 0. The lowest BCUT2D eigenvalue weighted by atomic mass is 10.2. The van der Waals surface area contributed by atoms with Crippen LogP contribution in [0, 0.1) is 0 Å². The molecule has 2 aromatic rings. The van der Waals surface area contributed by atoms with Gasteiger partial charge < -0.3 is 18.9 Å². The molecule has 27 heavy (non-hydrogen) atoms. The van der Waals surface area contributed by atoms with Crippen molar-refractivity contribution >= 4 is 22.0 Å². The molecule has 6 nitrogen and oxygen atoms in total. The van der Waals surface area contributed by atoms with Gasteiger partial charge in [0.15, 0.2) is 0 Å². The van der Waals surface area contributed by atoms with Crippen molar-refractivity contribution in [1.29, 1.82) is 0 Å². The number of hydrogen-bond donors (Lipinski definition) is 0. The van der Waals surface area contributed by atoms with Crippen molar-refractivity contribution in [3.8, 4) is 5.69 Å². The predicted molar refractivity (Wildman–Crippen MR) is 103 cm³/mol. The fourth-order valence-electron chi connectivity index (χ4n) is 2.77. The smallest absolute Gasteiger partial charge is 0.410 e. The number of amides is 1. The molecule has 0 N–H and O–H groups in total. The van der Waals surface area contributed by atoms with Crippen LogP contribution in [0.2, 0.25) is 0 Å². The Morgan fingerprint density at radius 1 is 1.30 bits per heavy atom. The second-order valence-electron chi connectivity index (χ2n) is 7.52. The van der Waals surface area contributed by atoms with Crippen molar-refractivity contribution in [2.45, 2.75) is 45.3 Å². The van der Waals surface area contributed by atoms with Crippen LogP contribution in [-0.2, 0) is 16.1 Å². The molecule has 0 bridgehead atoms. The Balaban J connectivity index is 1.53. The largest absolute Gasteiger partial charge is 0.444 e. The van der Waals surface area contributed by atoms with E-state index in [2.05, 4.69) is 20.9 Å². The molecular weight excluding hydrogens is 417 g/mol. The molecule has 0 unspecified atom stereocenters. The number of ether oxygens (including phenoxy) is 2. The van der Waals surface area contributed by atoms with Crippen molar-refractivity contribution in [1.82, 2.24) is 14.5 Å². The molecule has 2 heterocycles. The zero-order valence-electron chi connectivity index (χ0n) is 15.6. The van der Waals surface area contributed by atoms with Crippen LogP contribution in [0.1, 0.15) is 26.3 Å². The lowest BCUT2D eigenvalue weighted by Gasteiger charge is -2.24. The van der Waals surface area contributed by atoms with E-state index in [1.54, 1.807) is 27.1 Å². The first-order valence-corrected chi connectivity index (χ1v) is 9.53. The SMILES string of the molecule is CC(C)(C)OC(=O)N1C[C@@H](F)[C@@H](OCc2ccc(-n3cnc(Br)c3)cc2)C1. The highest BCUT2D eigenvalue weighted by Crippen LogP contribution is 2.21. The summed E-state index contributed by atoms with van der Waals surface area (Å²) in [5.74, 6) is 0. The molecule has 8 heteroatoms. The minimum atomic E-state index is -1.22. The Morgan fingerprint density at radius 3 is 2.59 bits per heavy atom. The molecule has 0 radical (unpaired) electrons. The summed E-state index contributed by atoms with van der Waals surface area (Å²) in [7, 11) is 0. The number of benzene rings is 1. The van der Waals surface area contributed by atoms with Crippen molar-refractivity contribution in [3.63, 3.8) is 0 Å². The summed E-state index contributed by atoms with van der Waals surface area (Å²) in [6, 6.07) is 7.75. The van der Waals surface area contributed by atoms with E-state index in [1.807, 2.05) is 35.0 Å². The van der Waals surface area contributed by atoms with Crippen LogP contribution in [0.5, 0.6) is 0 Å². The van der Waals surface area contributed by atoms with E-state index in [1.165, 1.54) is 4.90 Å². The van der Waals surface area contributed by atoms with Crippen LogP contribution < -0.4 is 0 Å². The van der Waals surface area contributed by atoms with Gasteiger partial charge in [0.05, 0.1) is 19.7 Å². The van der Waals surface area contributed by atoms with Gasteiger partial charge in [-0.25, -0.2) is 14.2 Å². The number of halogens is 2. The molecule has 0 aliphatic carbocycles. The molecule has 146 valence electrons. The van der Waals surface area contributed by atoms with Crippen LogP contribution in [-0.4, -0.2) is 51.5 Å². The van der Waals surface area contributed by atoms with Crippen molar-refractivity contribution in [2.75, 3.05) is 13.1 Å². The number of likely N-dealkylation sites (tertiary alicyclic amines) is 1. The topological polar surface area (TPSA) is 56.6 Å². The highest BCUT2D eigenvalue weighted by Gasteiger charge is 2.38. The number of alkyl halides is 1. The minimum Gasteiger partial charge on any atom is -0.444 e. The minimum absolute atomic E-state index is 0.00593. The lowest BCUT2D eigenvalue weighted by molar-refractivity contribution is 0.00671. The molecule has 3 rings (SSSR count). The number of carbonyl (C=O) groups is 1. The third kappa shape index (κ3) is 5.29. The first kappa shape index (κ1) is 19.8. The molecule has 1 aromatic carbocycles. The van der Waals surface area contributed by atoms with E-state index in [4.69, 9.17) is 9.47 Å². The van der Waals surface area contributed by atoms with Gasteiger partial charge in [0.1, 0.15) is 28.8 Å². The summed E-state index contributed by atoms with van der Waals surface area (Å²) in [6.45, 7) is 5.82. The van der Waals surface area contributed by atoms with E-state index in [0.717, 1.165) is 15.9 Å². The zero-order chi connectivity index (χ0) is 19.6. The lowest BCUT2D eigenvalue weighted by Crippen LogP contribution is -2.36. The van der Waals surface area contributed by atoms with E-state index in [0.29, 0.717) is 0 Å². The van der Waals surface area contributed by atoms with Crippen molar-refractivity contribution in [2.24, 2.45) is 0 Å². The number of rotatable bonds is 4. The fraction of sp³-hybridized carbons (Fsp3) is 0.474. The fourth-order valence-corrected chi connectivity index (χ4v) is 3.09. The van der Waals surface area contributed by atoms with Gasteiger partial charge in [-0.3, -0.25) is 0 Å². The molecule has 1 amide bonds. The average Bonchev–Trinajstić information content (AvgIpc) is 3.18. The number of aromatic nitrogens is 2. The summed E-state index contributed by atoms with van der Waals surface area (Å²) >= 11 is 3.32. The number of hydrogen-bond acceptors (Lipinski definition) is 4. The third-order valence-corrected chi connectivity index (χ3v) is 4.51. The quantitative estimate of drug-likeness (QED) is 0.718. The third-order valence-electron chi connectivity index (χ3n) is 4.10. The van der Waals surface area contributed by atoms with Gasteiger partial charge in [-0.2, -0.15) is 0 Å². The highest BCUT2D eigenvalue weighted by molar-refractivity contribution is 9.10.